The lowest BCUT2D eigenvalue weighted by Crippen LogP contribution is -2.38. The molecule has 0 saturated heterocycles. The average molecular weight is 284 g/mol. The molecular formula is C17H24N4. The minimum Gasteiger partial charge on any atom is -0.369 e. The second-order valence-corrected chi connectivity index (χ2v) is 5.83. The highest BCUT2D eigenvalue weighted by Gasteiger charge is 2.19. The second-order valence-electron chi connectivity index (χ2n) is 5.83. The zero-order valence-electron chi connectivity index (χ0n) is 12.9. The molecule has 1 unspecified atom stereocenters. The van der Waals surface area contributed by atoms with Crippen molar-refractivity contribution in [1.82, 2.24) is 15.1 Å². The average Bonchev–Trinajstić information content (AvgIpc) is 2.83. The molecule has 2 heterocycles. The summed E-state index contributed by atoms with van der Waals surface area (Å²) in [5.41, 5.74) is 4.09. The maximum Gasteiger partial charge on any atom is 0.0522 e. The van der Waals surface area contributed by atoms with Crippen LogP contribution in [-0.2, 0) is 20.0 Å². The number of nitrogens with zero attached hydrogens (tertiary/aromatic N) is 3. The van der Waals surface area contributed by atoms with E-state index >= 15 is 0 Å². The SMILES string of the molecule is CCC1CN(CCc2cnn(C)c2)c2ccccc2CN1. The Labute approximate surface area is 126 Å². The molecule has 4 heteroatoms. The van der Waals surface area contributed by atoms with Crippen LogP contribution in [0.1, 0.15) is 24.5 Å². The van der Waals surface area contributed by atoms with Gasteiger partial charge in [0.05, 0.1) is 6.20 Å². The van der Waals surface area contributed by atoms with Crippen molar-refractivity contribution in [2.45, 2.75) is 32.4 Å². The van der Waals surface area contributed by atoms with Crippen LogP contribution >= 0.6 is 0 Å². The molecule has 1 aromatic heterocycles. The van der Waals surface area contributed by atoms with Crippen molar-refractivity contribution < 1.29 is 0 Å². The Morgan fingerprint density at radius 2 is 2.19 bits per heavy atom. The van der Waals surface area contributed by atoms with Crippen molar-refractivity contribution in [3.63, 3.8) is 0 Å². The molecule has 1 atom stereocenters. The van der Waals surface area contributed by atoms with Crippen molar-refractivity contribution in [2.24, 2.45) is 7.05 Å². The molecule has 1 N–H and O–H groups in total. The summed E-state index contributed by atoms with van der Waals surface area (Å²) in [7, 11) is 1.97. The Hall–Kier alpha value is -1.81. The summed E-state index contributed by atoms with van der Waals surface area (Å²) >= 11 is 0. The number of benzene rings is 1. The van der Waals surface area contributed by atoms with Crippen LogP contribution in [0.5, 0.6) is 0 Å². The Bertz CT molecular complexity index is 590. The molecule has 0 spiro atoms. The van der Waals surface area contributed by atoms with Gasteiger partial charge in [0.2, 0.25) is 0 Å². The third-order valence-corrected chi connectivity index (χ3v) is 4.28. The predicted molar refractivity (Wildman–Crippen MR) is 86.5 cm³/mol. The van der Waals surface area contributed by atoms with Gasteiger partial charge in [-0.1, -0.05) is 25.1 Å². The highest BCUT2D eigenvalue weighted by molar-refractivity contribution is 5.54. The van der Waals surface area contributed by atoms with E-state index in [0.29, 0.717) is 6.04 Å². The molecule has 1 aromatic carbocycles. The van der Waals surface area contributed by atoms with Gasteiger partial charge in [-0.15, -0.1) is 0 Å². The van der Waals surface area contributed by atoms with Gasteiger partial charge in [0.15, 0.2) is 0 Å². The molecule has 3 rings (SSSR count). The predicted octanol–water partition coefficient (Wildman–Crippen LogP) is 2.35. The van der Waals surface area contributed by atoms with E-state index < -0.39 is 0 Å². The van der Waals surface area contributed by atoms with Crippen molar-refractivity contribution in [2.75, 3.05) is 18.0 Å². The first kappa shape index (κ1) is 14.1. The van der Waals surface area contributed by atoms with Gasteiger partial charge < -0.3 is 10.2 Å². The van der Waals surface area contributed by atoms with Crippen molar-refractivity contribution >= 4 is 5.69 Å². The third-order valence-electron chi connectivity index (χ3n) is 4.28. The molecule has 0 saturated carbocycles. The van der Waals surface area contributed by atoms with E-state index in [-0.39, 0.29) is 0 Å². The fourth-order valence-corrected chi connectivity index (χ4v) is 3.00. The van der Waals surface area contributed by atoms with E-state index in [1.54, 1.807) is 0 Å². The zero-order chi connectivity index (χ0) is 14.7. The van der Waals surface area contributed by atoms with E-state index in [1.165, 1.54) is 16.8 Å². The zero-order valence-corrected chi connectivity index (χ0v) is 12.9. The van der Waals surface area contributed by atoms with Crippen molar-refractivity contribution in [3.8, 4) is 0 Å². The number of fused-ring (bicyclic) bond motifs is 1. The molecule has 0 amide bonds. The molecule has 0 radical (unpaired) electrons. The van der Waals surface area contributed by atoms with E-state index in [4.69, 9.17) is 0 Å². The molecule has 0 fully saturated rings. The van der Waals surface area contributed by atoms with Gasteiger partial charge in [-0.05, 0) is 30.0 Å². The molecule has 2 aromatic rings. The Kier molecular flexibility index (Phi) is 4.25. The Morgan fingerprint density at radius 1 is 1.33 bits per heavy atom. The first-order valence-corrected chi connectivity index (χ1v) is 7.80. The number of para-hydroxylation sites is 1. The quantitative estimate of drug-likeness (QED) is 0.935. The van der Waals surface area contributed by atoms with E-state index in [2.05, 4.69) is 52.7 Å². The Morgan fingerprint density at radius 3 is 2.95 bits per heavy atom. The molecule has 0 bridgehead atoms. The van der Waals surface area contributed by atoms with Crippen LogP contribution in [0, 0.1) is 0 Å². The minimum absolute atomic E-state index is 0.561. The summed E-state index contributed by atoms with van der Waals surface area (Å²) in [6.07, 6.45) is 6.29. The summed E-state index contributed by atoms with van der Waals surface area (Å²) in [5, 5.41) is 7.92. The minimum atomic E-state index is 0.561. The van der Waals surface area contributed by atoms with Gasteiger partial charge in [0.1, 0.15) is 0 Å². The normalized spacial score (nSPS) is 18.4. The van der Waals surface area contributed by atoms with Crippen molar-refractivity contribution in [1.29, 1.82) is 0 Å². The fraction of sp³-hybridized carbons (Fsp3) is 0.471. The summed E-state index contributed by atoms with van der Waals surface area (Å²) in [6, 6.07) is 9.32. The topological polar surface area (TPSA) is 33.1 Å². The lowest BCUT2D eigenvalue weighted by Gasteiger charge is -2.27. The van der Waals surface area contributed by atoms with Gasteiger partial charge in [-0.25, -0.2) is 0 Å². The fourth-order valence-electron chi connectivity index (χ4n) is 3.00. The van der Waals surface area contributed by atoms with Crippen LogP contribution in [-0.4, -0.2) is 28.9 Å². The van der Waals surface area contributed by atoms with Crippen LogP contribution in [0.3, 0.4) is 0 Å². The maximum atomic E-state index is 4.26. The summed E-state index contributed by atoms with van der Waals surface area (Å²) in [4.78, 5) is 2.52. The molecule has 21 heavy (non-hydrogen) atoms. The van der Waals surface area contributed by atoms with E-state index in [0.717, 1.165) is 32.5 Å². The molecular weight excluding hydrogens is 260 g/mol. The molecule has 1 aliphatic heterocycles. The van der Waals surface area contributed by atoms with Crippen LogP contribution in [0.15, 0.2) is 36.7 Å². The smallest absolute Gasteiger partial charge is 0.0522 e. The summed E-state index contributed by atoms with van der Waals surface area (Å²) in [5.74, 6) is 0. The first-order valence-electron chi connectivity index (χ1n) is 7.80. The molecule has 1 aliphatic rings. The number of hydrogen-bond donors (Lipinski definition) is 1. The number of rotatable bonds is 4. The van der Waals surface area contributed by atoms with Crippen LogP contribution in [0.4, 0.5) is 5.69 Å². The number of nitrogens with one attached hydrogen (secondary N) is 1. The molecule has 0 aliphatic carbocycles. The van der Waals surface area contributed by atoms with E-state index in [9.17, 15) is 0 Å². The van der Waals surface area contributed by atoms with Crippen LogP contribution < -0.4 is 10.2 Å². The highest BCUT2D eigenvalue weighted by atomic mass is 15.2. The number of anilines is 1. The number of hydrogen-bond acceptors (Lipinski definition) is 3. The summed E-state index contributed by atoms with van der Waals surface area (Å²) in [6.45, 7) is 5.35. The van der Waals surface area contributed by atoms with Crippen molar-refractivity contribution in [3.05, 3.63) is 47.8 Å². The standard InChI is InChI=1S/C17H24N4/c1-3-16-13-21(9-8-14-10-19-20(2)12-14)17-7-5-4-6-15(17)11-18-16/h4-7,10,12,16,18H,3,8-9,11,13H2,1-2H3. The van der Waals surface area contributed by atoms with Crippen LogP contribution in [0.25, 0.3) is 0 Å². The monoisotopic (exact) mass is 284 g/mol. The lowest BCUT2D eigenvalue weighted by molar-refractivity contribution is 0.503. The number of aromatic nitrogens is 2. The molecule has 4 nitrogen and oxygen atoms in total. The summed E-state index contributed by atoms with van der Waals surface area (Å²) < 4.78 is 1.88. The van der Waals surface area contributed by atoms with Gasteiger partial charge in [0.25, 0.3) is 0 Å². The van der Waals surface area contributed by atoms with E-state index in [1.807, 2.05) is 17.9 Å². The Balaban J connectivity index is 1.77. The molecule has 112 valence electrons. The number of aryl methyl sites for hydroxylation is 1. The van der Waals surface area contributed by atoms with Crippen LogP contribution in [0.2, 0.25) is 0 Å². The largest absolute Gasteiger partial charge is 0.369 e. The van der Waals surface area contributed by atoms with Gasteiger partial charge >= 0.3 is 0 Å². The van der Waals surface area contributed by atoms with Gasteiger partial charge in [0, 0.05) is 44.6 Å². The highest BCUT2D eigenvalue weighted by Crippen LogP contribution is 2.24. The lowest BCUT2D eigenvalue weighted by atomic mass is 10.1. The second kappa shape index (κ2) is 6.31. The van der Waals surface area contributed by atoms with Gasteiger partial charge in [-0.3, -0.25) is 4.68 Å². The maximum absolute atomic E-state index is 4.26. The third kappa shape index (κ3) is 3.27. The van der Waals surface area contributed by atoms with Gasteiger partial charge in [-0.2, -0.15) is 5.10 Å². The first-order chi connectivity index (χ1) is 10.3.